The topological polar surface area (TPSA) is 87.8 Å². The van der Waals surface area contributed by atoms with E-state index in [2.05, 4.69) is 11.4 Å². The van der Waals surface area contributed by atoms with Gasteiger partial charge in [0.15, 0.2) is 5.16 Å². The predicted molar refractivity (Wildman–Crippen MR) is 114 cm³/mol. The van der Waals surface area contributed by atoms with Gasteiger partial charge in [-0.1, -0.05) is 31.0 Å². The minimum absolute atomic E-state index is 0.0507. The molecule has 1 N–H and O–H groups in total. The molecule has 1 aliphatic carbocycles. The summed E-state index contributed by atoms with van der Waals surface area (Å²) in [6.07, 6.45) is 4.42. The third-order valence-corrected chi connectivity index (χ3v) is 7.70. The van der Waals surface area contributed by atoms with Crippen LogP contribution in [-0.4, -0.2) is 26.2 Å². The van der Waals surface area contributed by atoms with Gasteiger partial charge >= 0.3 is 0 Å². The van der Waals surface area contributed by atoms with Crippen molar-refractivity contribution in [2.24, 2.45) is 0 Å². The molecule has 3 rings (SSSR count). The normalized spacial score (nSPS) is 17.2. The molecule has 1 fully saturated rings. The minimum Gasteiger partial charge on any atom is -0.337 e. The number of thioether (sulfide) groups is 1. The molecule has 2 aromatic heterocycles. The summed E-state index contributed by atoms with van der Waals surface area (Å²) < 4.78 is 1.64. The molecule has 1 saturated carbocycles. The van der Waals surface area contributed by atoms with Crippen molar-refractivity contribution in [1.29, 1.82) is 5.26 Å². The lowest BCUT2D eigenvalue weighted by atomic mass is 9.83. The van der Waals surface area contributed by atoms with Gasteiger partial charge in [-0.25, -0.2) is 4.98 Å². The number of nitrogens with zero attached hydrogens (tertiary/aromatic N) is 3. The number of aromatic nitrogens is 2. The number of carbonyl (C=O) groups excluding carboxylic acids is 1. The Morgan fingerprint density at radius 2 is 2.07 bits per heavy atom. The Morgan fingerprint density at radius 3 is 2.68 bits per heavy atom. The van der Waals surface area contributed by atoms with Crippen molar-refractivity contribution in [1.82, 2.24) is 14.9 Å². The predicted octanol–water partition coefficient (Wildman–Crippen LogP) is 3.92. The number of nitrogens with one attached hydrogen (secondary N) is 1. The number of amides is 1. The van der Waals surface area contributed by atoms with Crippen LogP contribution in [0.3, 0.4) is 0 Å². The van der Waals surface area contributed by atoms with Crippen LogP contribution in [0.5, 0.6) is 0 Å². The fraction of sp³-hybridized carbons (Fsp3) is 0.600. The van der Waals surface area contributed by atoms with Crippen LogP contribution < -0.4 is 10.9 Å². The molecule has 0 aliphatic heterocycles. The highest BCUT2D eigenvalue weighted by atomic mass is 32.2. The number of nitriles is 1. The van der Waals surface area contributed by atoms with Crippen LogP contribution in [0.25, 0.3) is 10.2 Å². The monoisotopic (exact) mass is 418 g/mol. The standard InChI is InChI=1S/C20H26N4O2S2/c1-5-24-18(26)15-12(2)13(3)27-17(15)22-19(24)28-14(4)16(25)23-20(11-21)9-7-6-8-10-20/h14H,5-10H2,1-4H3,(H,23,25). The van der Waals surface area contributed by atoms with Gasteiger partial charge in [-0.15, -0.1) is 11.3 Å². The summed E-state index contributed by atoms with van der Waals surface area (Å²) in [6, 6.07) is 2.32. The molecule has 1 aliphatic rings. The largest absolute Gasteiger partial charge is 0.337 e. The van der Waals surface area contributed by atoms with Crippen LogP contribution in [0.1, 0.15) is 56.4 Å². The van der Waals surface area contributed by atoms with Crippen molar-refractivity contribution in [3.05, 3.63) is 20.8 Å². The Hall–Kier alpha value is -1.85. The first-order valence-corrected chi connectivity index (χ1v) is 11.4. The molecule has 0 bridgehead atoms. The van der Waals surface area contributed by atoms with Crippen LogP contribution in [0.4, 0.5) is 0 Å². The number of hydrogen-bond acceptors (Lipinski definition) is 6. The molecule has 1 amide bonds. The Morgan fingerprint density at radius 1 is 1.39 bits per heavy atom. The number of carbonyl (C=O) groups is 1. The summed E-state index contributed by atoms with van der Waals surface area (Å²) in [7, 11) is 0. The summed E-state index contributed by atoms with van der Waals surface area (Å²) in [6.45, 7) is 8.15. The summed E-state index contributed by atoms with van der Waals surface area (Å²) in [5, 5.41) is 13.4. The molecule has 0 saturated heterocycles. The minimum atomic E-state index is -0.756. The maximum atomic E-state index is 13.0. The zero-order valence-electron chi connectivity index (χ0n) is 16.8. The number of aryl methyl sites for hydroxylation is 2. The zero-order valence-corrected chi connectivity index (χ0v) is 18.4. The van der Waals surface area contributed by atoms with Gasteiger partial charge in [-0.2, -0.15) is 5.26 Å². The second-order valence-electron chi connectivity index (χ2n) is 7.41. The lowest BCUT2D eigenvalue weighted by Gasteiger charge is -2.32. The molecule has 1 atom stereocenters. The highest BCUT2D eigenvalue weighted by molar-refractivity contribution is 8.00. The van der Waals surface area contributed by atoms with Gasteiger partial charge in [0.1, 0.15) is 10.4 Å². The summed E-state index contributed by atoms with van der Waals surface area (Å²) in [5.41, 5.74) is 0.175. The van der Waals surface area contributed by atoms with E-state index < -0.39 is 10.8 Å². The molecular formula is C20H26N4O2S2. The Balaban J connectivity index is 1.86. The molecule has 150 valence electrons. The molecule has 0 radical (unpaired) electrons. The Labute approximate surface area is 173 Å². The molecule has 6 nitrogen and oxygen atoms in total. The SMILES string of the molecule is CCn1c(SC(C)C(=O)NC2(C#N)CCCCC2)nc2sc(C)c(C)c2c1=O. The maximum absolute atomic E-state index is 13.0. The molecule has 8 heteroatoms. The van der Waals surface area contributed by atoms with E-state index in [4.69, 9.17) is 4.98 Å². The average molecular weight is 419 g/mol. The molecule has 28 heavy (non-hydrogen) atoms. The van der Waals surface area contributed by atoms with Crippen LogP contribution >= 0.6 is 23.1 Å². The number of hydrogen-bond donors (Lipinski definition) is 1. The molecule has 0 aromatic carbocycles. The van der Waals surface area contributed by atoms with Gasteiger partial charge in [0.25, 0.3) is 5.56 Å². The van der Waals surface area contributed by atoms with E-state index in [1.807, 2.05) is 20.8 Å². The van der Waals surface area contributed by atoms with Crippen molar-refractivity contribution in [2.45, 2.75) is 82.3 Å². The zero-order chi connectivity index (χ0) is 20.5. The van der Waals surface area contributed by atoms with Crippen molar-refractivity contribution in [3.63, 3.8) is 0 Å². The van der Waals surface area contributed by atoms with Crippen LogP contribution in [0.15, 0.2) is 9.95 Å². The van der Waals surface area contributed by atoms with Crippen LogP contribution in [0.2, 0.25) is 0 Å². The van der Waals surface area contributed by atoms with Crippen LogP contribution in [0, 0.1) is 25.2 Å². The Bertz CT molecular complexity index is 996. The highest BCUT2D eigenvalue weighted by Crippen LogP contribution is 2.31. The highest BCUT2D eigenvalue weighted by Gasteiger charge is 2.35. The van der Waals surface area contributed by atoms with E-state index >= 15 is 0 Å². The van der Waals surface area contributed by atoms with E-state index in [0.717, 1.165) is 34.5 Å². The molecule has 1 unspecified atom stereocenters. The van der Waals surface area contributed by atoms with E-state index in [1.54, 1.807) is 11.5 Å². The second-order valence-corrected chi connectivity index (χ2v) is 9.92. The van der Waals surface area contributed by atoms with Crippen molar-refractivity contribution >= 4 is 39.2 Å². The summed E-state index contributed by atoms with van der Waals surface area (Å²) in [4.78, 5) is 32.2. The van der Waals surface area contributed by atoms with Gasteiger partial charge in [0.2, 0.25) is 5.91 Å². The van der Waals surface area contributed by atoms with Crippen molar-refractivity contribution < 1.29 is 4.79 Å². The number of fused-ring (bicyclic) bond motifs is 1. The average Bonchev–Trinajstić information content (AvgIpc) is 2.96. The van der Waals surface area contributed by atoms with Gasteiger partial charge in [0, 0.05) is 11.4 Å². The third kappa shape index (κ3) is 3.83. The molecule has 2 aromatic rings. The second kappa shape index (κ2) is 8.26. The van der Waals surface area contributed by atoms with E-state index in [9.17, 15) is 14.9 Å². The first-order chi connectivity index (χ1) is 13.3. The lowest BCUT2D eigenvalue weighted by molar-refractivity contribution is -0.121. The lowest BCUT2D eigenvalue weighted by Crippen LogP contribution is -2.51. The molecular weight excluding hydrogens is 392 g/mol. The first-order valence-electron chi connectivity index (χ1n) is 9.72. The van der Waals surface area contributed by atoms with Gasteiger partial charge in [-0.3, -0.25) is 14.2 Å². The summed E-state index contributed by atoms with van der Waals surface area (Å²) >= 11 is 2.79. The Kier molecular flexibility index (Phi) is 6.15. The van der Waals surface area contributed by atoms with Crippen molar-refractivity contribution in [3.8, 4) is 6.07 Å². The maximum Gasteiger partial charge on any atom is 0.263 e. The fourth-order valence-electron chi connectivity index (χ4n) is 3.65. The fourth-order valence-corrected chi connectivity index (χ4v) is 5.69. The summed E-state index contributed by atoms with van der Waals surface area (Å²) in [5.74, 6) is -0.177. The molecule has 2 heterocycles. The van der Waals surface area contributed by atoms with E-state index in [0.29, 0.717) is 29.9 Å². The van der Waals surface area contributed by atoms with Crippen LogP contribution in [-0.2, 0) is 11.3 Å². The van der Waals surface area contributed by atoms with Gasteiger partial charge < -0.3 is 5.32 Å². The van der Waals surface area contributed by atoms with Gasteiger partial charge in [-0.05, 0) is 46.1 Å². The quantitative estimate of drug-likeness (QED) is 0.587. The first kappa shape index (κ1) is 20.9. The van der Waals surface area contributed by atoms with Crippen molar-refractivity contribution in [2.75, 3.05) is 0 Å². The number of rotatable bonds is 5. The van der Waals surface area contributed by atoms with E-state index in [1.165, 1.54) is 23.1 Å². The molecule has 0 spiro atoms. The smallest absolute Gasteiger partial charge is 0.263 e. The third-order valence-electron chi connectivity index (χ3n) is 5.51. The van der Waals surface area contributed by atoms with Gasteiger partial charge in [0.05, 0.1) is 16.7 Å². The number of thiophene rings is 1. The van der Waals surface area contributed by atoms with E-state index in [-0.39, 0.29) is 11.5 Å².